The van der Waals surface area contributed by atoms with E-state index in [9.17, 15) is 0 Å². The van der Waals surface area contributed by atoms with E-state index in [-0.39, 0.29) is 5.41 Å². The molecule has 0 aromatic heterocycles. The van der Waals surface area contributed by atoms with Crippen LogP contribution in [0.25, 0.3) is 0 Å². The smallest absolute Gasteiger partial charge is 0.0132 e. The van der Waals surface area contributed by atoms with Crippen molar-refractivity contribution in [2.75, 3.05) is 0 Å². The molecule has 65 valence electrons. The minimum atomic E-state index is 0.236. The first-order chi connectivity index (χ1) is 5.41. The second-order valence-electron chi connectivity index (χ2n) is 4.39. The summed E-state index contributed by atoms with van der Waals surface area (Å²) in [7, 11) is 0. The van der Waals surface area contributed by atoms with Gasteiger partial charge in [-0.1, -0.05) is 39.0 Å². The summed E-state index contributed by atoms with van der Waals surface area (Å²) < 4.78 is 0. The van der Waals surface area contributed by atoms with Gasteiger partial charge in [0.15, 0.2) is 0 Å². The summed E-state index contributed by atoms with van der Waals surface area (Å²) in [4.78, 5) is 0. The highest BCUT2D eigenvalue weighted by atomic mass is 14.2. The van der Waals surface area contributed by atoms with E-state index >= 15 is 0 Å². The first-order valence-corrected chi connectivity index (χ1v) is 4.34. The second-order valence-corrected chi connectivity index (χ2v) is 4.39. The normalized spacial score (nSPS) is 11.8. The number of hydrogen-bond donors (Lipinski definition) is 0. The molecule has 1 radical (unpaired) electrons. The van der Waals surface area contributed by atoms with Crippen LogP contribution in [0.1, 0.15) is 37.5 Å². The quantitative estimate of drug-likeness (QED) is 0.546. The number of benzene rings is 1. The third-order valence-electron chi connectivity index (χ3n) is 2.22. The van der Waals surface area contributed by atoms with Crippen molar-refractivity contribution in [3.63, 3.8) is 0 Å². The van der Waals surface area contributed by atoms with E-state index in [0.29, 0.717) is 0 Å². The van der Waals surface area contributed by atoms with Crippen molar-refractivity contribution >= 4 is 0 Å². The van der Waals surface area contributed by atoms with Crippen LogP contribution in [-0.4, -0.2) is 0 Å². The van der Waals surface area contributed by atoms with Crippen LogP contribution in [0.4, 0.5) is 0 Å². The molecule has 1 aromatic carbocycles. The molecule has 0 saturated heterocycles. The lowest BCUT2D eigenvalue weighted by Gasteiger charge is -2.19. The molecule has 0 aliphatic carbocycles. The van der Waals surface area contributed by atoms with Crippen LogP contribution < -0.4 is 0 Å². The van der Waals surface area contributed by atoms with Gasteiger partial charge in [0.05, 0.1) is 0 Å². The van der Waals surface area contributed by atoms with Crippen molar-refractivity contribution in [1.82, 2.24) is 0 Å². The summed E-state index contributed by atoms with van der Waals surface area (Å²) in [5.74, 6) is 0. The molecule has 0 heterocycles. The van der Waals surface area contributed by atoms with Crippen molar-refractivity contribution < 1.29 is 0 Å². The molecule has 0 N–H and O–H groups in total. The molecule has 12 heavy (non-hydrogen) atoms. The summed E-state index contributed by atoms with van der Waals surface area (Å²) in [6.07, 6.45) is 0. The molecular weight excluding hydrogens is 144 g/mol. The molecule has 0 atom stereocenters. The van der Waals surface area contributed by atoms with Gasteiger partial charge in [-0.25, -0.2) is 0 Å². The summed E-state index contributed by atoms with van der Waals surface area (Å²) in [5.41, 5.74) is 4.00. The molecule has 0 spiro atoms. The van der Waals surface area contributed by atoms with Crippen molar-refractivity contribution in [1.29, 1.82) is 0 Å². The van der Waals surface area contributed by atoms with Crippen LogP contribution in [0, 0.1) is 13.8 Å². The number of aryl methyl sites for hydroxylation is 1. The van der Waals surface area contributed by atoms with E-state index in [1.807, 2.05) is 0 Å². The van der Waals surface area contributed by atoms with Crippen molar-refractivity contribution in [3.05, 3.63) is 41.8 Å². The molecule has 0 aliphatic heterocycles. The highest BCUT2D eigenvalue weighted by Crippen LogP contribution is 2.23. The van der Waals surface area contributed by atoms with Crippen LogP contribution in [0.5, 0.6) is 0 Å². The van der Waals surface area contributed by atoms with Crippen LogP contribution in [-0.2, 0) is 5.41 Å². The first-order valence-electron chi connectivity index (χ1n) is 4.34. The highest BCUT2D eigenvalue weighted by molar-refractivity contribution is 5.35. The van der Waals surface area contributed by atoms with E-state index in [2.05, 4.69) is 52.8 Å². The third-order valence-corrected chi connectivity index (χ3v) is 2.22. The van der Waals surface area contributed by atoms with Crippen molar-refractivity contribution in [2.45, 2.75) is 33.1 Å². The van der Waals surface area contributed by atoms with E-state index in [0.717, 1.165) is 5.56 Å². The van der Waals surface area contributed by atoms with E-state index < -0.39 is 0 Å². The van der Waals surface area contributed by atoms with Crippen LogP contribution >= 0.6 is 0 Å². The SMILES string of the molecule is [CH2]c1cc(C(C)(C)C)ccc1C. The summed E-state index contributed by atoms with van der Waals surface area (Å²) in [6.45, 7) is 12.7. The molecule has 0 nitrogen and oxygen atoms in total. The lowest BCUT2D eigenvalue weighted by atomic mass is 9.85. The Morgan fingerprint density at radius 2 is 1.75 bits per heavy atom. The lowest BCUT2D eigenvalue weighted by molar-refractivity contribution is 0.590. The minimum Gasteiger partial charge on any atom is -0.0588 e. The fourth-order valence-corrected chi connectivity index (χ4v) is 1.14. The van der Waals surface area contributed by atoms with Gasteiger partial charge in [0.1, 0.15) is 0 Å². The Labute approximate surface area is 75.6 Å². The van der Waals surface area contributed by atoms with E-state index in [4.69, 9.17) is 0 Å². The molecule has 0 bridgehead atoms. The van der Waals surface area contributed by atoms with Gasteiger partial charge in [-0.05, 0) is 36.0 Å². The third kappa shape index (κ3) is 1.88. The van der Waals surface area contributed by atoms with Crippen molar-refractivity contribution in [2.24, 2.45) is 0 Å². The molecule has 0 fully saturated rings. The minimum absolute atomic E-state index is 0.236. The molecule has 0 aliphatic rings. The zero-order chi connectivity index (χ0) is 9.35. The Balaban J connectivity index is 3.14. The maximum Gasteiger partial charge on any atom is -0.0132 e. The Morgan fingerprint density at radius 1 is 1.17 bits per heavy atom. The maximum atomic E-state index is 3.99. The lowest BCUT2D eigenvalue weighted by Crippen LogP contribution is -2.11. The predicted octanol–water partition coefficient (Wildman–Crippen LogP) is 3.47. The molecule has 1 rings (SSSR count). The Morgan fingerprint density at radius 3 is 2.17 bits per heavy atom. The topological polar surface area (TPSA) is 0 Å². The first kappa shape index (κ1) is 9.31. The fourth-order valence-electron chi connectivity index (χ4n) is 1.14. The molecule has 0 unspecified atom stereocenters. The maximum absolute atomic E-state index is 3.99. The van der Waals surface area contributed by atoms with Crippen LogP contribution in [0.3, 0.4) is 0 Å². The molecule has 0 amide bonds. The number of rotatable bonds is 0. The van der Waals surface area contributed by atoms with Gasteiger partial charge in [-0.2, -0.15) is 0 Å². The highest BCUT2D eigenvalue weighted by Gasteiger charge is 2.13. The standard InChI is InChI=1S/C12H17/c1-9-6-7-11(8-10(9)2)12(3,4)5/h6-8H,2H2,1,3-5H3. The van der Waals surface area contributed by atoms with Crippen LogP contribution in [0.15, 0.2) is 18.2 Å². The van der Waals surface area contributed by atoms with Gasteiger partial charge in [-0.3, -0.25) is 0 Å². The van der Waals surface area contributed by atoms with E-state index in [1.54, 1.807) is 0 Å². The Kier molecular flexibility index (Phi) is 2.27. The Bertz CT molecular complexity index is 277. The van der Waals surface area contributed by atoms with Gasteiger partial charge < -0.3 is 0 Å². The summed E-state index contributed by atoms with van der Waals surface area (Å²) in [6, 6.07) is 6.50. The van der Waals surface area contributed by atoms with E-state index in [1.165, 1.54) is 11.1 Å². The fraction of sp³-hybridized carbons (Fsp3) is 0.417. The Hall–Kier alpha value is -0.780. The monoisotopic (exact) mass is 161 g/mol. The molecule has 0 heteroatoms. The average molecular weight is 161 g/mol. The van der Waals surface area contributed by atoms with Crippen molar-refractivity contribution in [3.8, 4) is 0 Å². The van der Waals surface area contributed by atoms with Gasteiger partial charge in [0.25, 0.3) is 0 Å². The van der Waals surface area contributed by atoms with Gasteiger partial charge in [-0.15, -0.1) is 0 Å². The van der Waals surface area contributed by atoms with Gasteiger partial charge in [0, 0.05) is 0 Å². The largest absolute Gasteiger partial charge is 0.0588 e. The van der Waals surface area contributed by atoms with Gasteiger partial charge in [0.2, 0.25) is 0 Å². The molecule has 0 saturated carbocycles. The molecular formula is C12H17. The second kappa shape index (κ2) is 2.93. The predicted molar refractivity (Wildman–Crippen MR) is 54.3 cm³/mol. The summed E-state index contributed by atoms with van der Waals surface area (Å²) in [5, 5.41) is 0. The van der Waals surface area contributed by atoms with Crippen LogP contribution in [0.2, 0.25) is 0 Å². The number of hydrogen-bond acceptors (Lipinski definition) is 0. The molecule has 1 aromatic rings. The zero-order valence-corrected chi connectivity index (χ0v) is 8.44. The zero-order valence-electron chi connectivity index (χ0n) is 8.44. The van der Waals surface area contributed by atoms with Gasteiger partial charge >= 0.3 is 0 Å². The summed E-state index contributed by atoms with van der Waals surface area (Å²) >= 11 is 0. The average Bonchev–Trinajstić information content (AvgIpc) is 1.92.